The molecule has 0 spiro atoms. The zero-order valence-corrected chi connectivity index (χ0v) is 10.8. The fourth-order valence-corrected chi connectivity index (χ4v) is 2.49. The molecule has 0 aliphatic carbocycles. The molecule has 0 amide bonds. The van der Waals surface area contributed by atoms with Crippen molar-refractivity contribution in [2.75, 3.05) is 5.73 Å². The molecule has 0 unspecified atom stereocenters. The van der Waals surface area contributed by atoms with Gasteiger partial charge in [0.25, 0.3) is 0 Å². The first-order valence-corrected chi connectivity index (χ1v) is 6.41. The average molecular weight is 245 g/mol. The molecule has 2 rings (SSSR count). The third-order valence-electron chi connectivity index (χ3n) is 2.30. The monoisotopic (exact) mass is 245 g/mol. The van der Waals surface area contributed by atoms with Crippen molar-refractivity contribution in [3.63, 3.8) is 0 Å². The van der Waals surface area contributed by atoms with E-state index in [1.54, 1.807) is 11.8 Å². The summed E-state index contributed by atoms with van der Waals surface area (Å²) in [6.45, 7) is 3.95. The van der Waals surface area contributed by atoms with Crippen LogP contribution in [0.4, 0.5) is 5.82 Å². The van der Waals surface area contributed by atoms with Crippen molar-refractivity contribution in [3.8, 4) is 0 Å². The van der Waals surface area contributed by atoms with Crippen LogP contribution in [0.2, 0.25) is 0 Å². The average Bonchev–Trinajstić information content (AvgIpc) is 2.25. The number of aromatic nitrogens is 2. The van der Waals surface area contributed by atoms with Crippen molar-refractivity contribution < 1.29 is 0 Å². The summed E-state index contributed by atoms with van der Waals surface area (Å²) in [4.78, 5) is 8.40. The second kappa shape index (κ2) is 5.19. The number of nitrogens with zero attached hydrogens (tertiary/aromatic N) is 2. The molecule has 17 heavy (non-hydrogen) atoms. The quantitative estimate of drug-likeness (QED) is 0.667. The van der Waals surface area contributed by atoms with Crippen LogP contribution < -0.4 is 5.73 Å². The topological polar surface area (TPSA) is 51.8 Å². The van der Waals surface area contributed by atoms with E-state index in [0.29, 0.717) is 5.82 Å². The Bertz CT molecular complexity index is 506. The number of thioether (sulfide) groups is 1. The third kappa shape index (κ3) is 3.46. The van der Waals surface area contributed by atoms with E-state index in [1.165, 1.54) is 11.1 Å². The Balaban J connectivity index is 2.07. The van der Waals surface area contributed by atoms with Crippen molar-refractivity contribution in [1.82, 2.24) is 9.97 Å². The lowest BCUT2D eigenvalue weighted by atomic mass is 10.2. The number of hydrogen-bond acceptors (Lipinski definition) is 4. The molecule has 0 saturated carbocycles. The lowest BCUT2D eigenvalue weighted by Crippen LogP contribution is -1.96. The second-order valence-electron chi connectivity index (χ2n) is 3.96. The minimum absolute atomic E-state index is 0.532. The van der Waals surface area contributed by atoms with Crippen LogP contribution in [-0.2, 0) is 5.75 Å². The first-order valence-electron chi connectivity index (χ1n) is 5.43. The summed E-state index contributed by atoms with van der Waals surface area (Å²) in [6.07, 6.45) is 0. The zero-order chi connectivity index (χ0) is 12.3. The molecule has 2 aromatic rings. The van der Waals surface area contributed by atoms with Gasteiger partial charge in [-0.15, -0.1) is 11.8 Å². The van der Waals surface area contributed by atoms with Gasteiger partial charge in [0.1, 0.15) is 16.7 Å². The fourth-order valence-electron chi connectivity index (χ4n) is 1.60. The van der Waals surface area contributed by atoms with Crippen molar-refractivity contribution in [2.24, 2.45) is 0 Å². The predicted octanol–water partition coefficient (Wildman–Crippen LogP) is 2.97. The van der Waals surface area contributed by atoms with E-state index in [9.17, 15) is 0 Å². The van der Waals surface area contributed by atoms with Crippen molar-refractivity contribution >= 4 is 17.6 Å². The highest BCUT2D eigenvalue weighted by atomic mass is 32.2. The summed E-state index contributed by atoms with van der Waals surface area (Å²) in [6, 6.07) is 10.3. The van der Waals surface area contributed by atoms with E-state index >= 15 is 0 Å². The smallest absolute Gasteiger partial charge is 0.128 e. The summed E-state index contributed by atoms with van der Waals surface area (Å²) < 4.78 is 0. The molecule has 0 aliphatic rings. The number of benzene rings is 1. The van der Waals surface area contributed by atoms with Gasteiger partial charge in [-0.25, -0.2) is 9.97 Å². The zero-order valence-electron chi connectivity index (χ0n) is 9.97. The van der Waals surface area contributed by atoms with Gasteiger partial charge in [0, 0.05) is 11.8 Å². The molecule has 1 aromatic carbocycles. The molecular weight excluding hydrogens is 230 g/mol. The SMILES string of the molecule is Cc1cccc(CSc2cc(N)nc(C)n2)c1. The summed E-state index contributed by atoms with van der Waals surface area (Å²) in [7, 11) is 0. The number of hydrogen-bond donors (Lipinski definition) is 1. The minimum atomic E-state index is 0.532. The summed E-state index contributed by atoms with van der Waals surface area (Å²) in [5.41, 5.74) is 8.26. The van der Waals surface area contributed by atoms with Crippen LogP contribution >= 0.6 is 11.8 Å². The number of aryl methyl sites for hydroxylation is 2. The molecule has 4 heteroatoms. The summed E-state index contributed by atoms with van der Waals surface area (Å²) >= 11 is 1.68. The van der Waals surface area contributed by atoms with Gasteiger partial charge < -0.3 is 5.73 Å². The summed E-state index contributed by atoms with van der Waals surface area (Å²) in [5, 5.41) is 0.927. The Labute approximate surface area is 105 Å². The predicted molar refractivity (Wildman–Crippen MR) is 71.9 cm³/mol. The second-order valence-corrected chi connectivity index (χ2v) is 4.95. The van der Waals surface area contributed by atoms with E-state index < -0.39 is 0 Å². The maximum Gasteiger partial charge on any atom is 0.128 e. The maximum atomic E-state index is 5.69. The van der Waals surface area contributed by atoms with Crippen LogP contribution in [0.15, 0.2) is 35.4 Å². The van der Waals surface area contributed by atoms with Gasteiger partial charge in [-0.3, -0.25) is 0 Å². The highest BCUT2D eigenvalue weighted by molar-refractivity contribution is 7.98. The standard InChI is InChI=1S/C13H15N3S/c1-9-4-3-5-11(6-9)8-17-13-7-12(14)15-10(2)16-13/h3-7H,8H2,1-2H3,(H2,14,15,16). The molecule has 0 fully saturated rings. The normalized spacial score (nSPS) is 10.5. The van der Waals surface area contributed by atoms with Crippen LogP contribution in [0.25, 0.3) is 0 Å². The lowest BCUT2D eigenvalue weighted by Gasteiger charge is -2.04. The van der Waals surface area contributed by atoms with Crippen LogP contribution in [0.1, 0.15) is 17.0 Å². The molecule has 3 nitrogen and oxygen atoms in total. The molecule has 1 aromatic heterocycles. The first-order chi connectivity index (χ1) is 8.13. The van der Waals surface area contributed by atoms with Crippen LogP contribution in [0, 0.1) is 13.8 Å². The minimum Gasteiger partial charge on any atom is -0.384 e. The highest BCUT2D eigenvalue weighted by Gasteiger charge is 2.01. The van der Waals surface area contributed by atoms with E-state index in [4.69, 9.17) is 5.73 Å². The molecule has 1 heterocycles. The van der Waals surface area contributed by atoms with Gasteiger partial charge in [-0.05, 0) is 19.4 Å². The van der Waals surface area contributed by atoms with Gasteiger partial charge in [0.05, 0.1) is 0 Å². The van der Waals surface area contributed by atoms with E-state index in [0.717, 1.165) is 16.6 Å². The Hall–Kier alpha value is -1.55. The van der Waals surface area contributed by atoms with E-state index in [2.05, 4.69) is 41.2 Å². The van der Waals surface area contributed by atoms with Crippen LogP contribution in [0.5, 0.6) is 0 Å². The molecule has 0 bridgehead atoms. The molecule has 0 radical (unpaired) electrons. The Morgan fingerprint density at radius 1 is 1.18 bits per heavy atom. The highest BCUT2D eigenvalue weighted by Crippen LogP contribution is 2.22. The van der Waals surface area contributed by atoms with Gasteiger partial charge in [0.2, 0.25) is 0 Å². The molecule has 0 saturated heterocycles. The van der Waals surface area contributed by atoms with E-state index in [1.807, 2.05) is 13.0 Å². The largest absolute Gasteiger partial charge is 0.384 e. The maximum absolute atomic E-state index is 5.69. The van der Waals surface area contributed by atoms with Crippen molar-refractivity contribution in [2.45, 2.75) is 24.6 Å². The van der Waals surface area contributed by atoms with Crippen LogP contribution in [0.3, 0.4) is 0 Å². The Morgan fingerprint density at radius 3 is 2.71 bits per heavy atom. The molecule has 88 valence electrons. The van der Waals surface area contributed by atoms with Crippen LogP contribution in [-0.4, -0.2) is 9.97 Å². The van der Waals surface area contributed by atoms with Gasteiger partial charge in [-0.1, -0.05) is 29.8 Å². The first kappa shape index (κ1) is 11.9. The Kier molecular flexibility index (Phi) is 3.64. The Morgan fingerprint density at radius 2 is 2.00 bits per heavy atom. The van der Waals surface area contributed by atoms with Crippen molar-refractivity contribution in [3.05, 3.63) is 47.3 Å². The molecule has 0 atom stereocenters. The number of anilines is 1. The molecule has 0 aliphatic heterocycles. The number of nitrogen functional groups attached to an aromatic ring is 1. The summed E-state index contributed by atoms with van der Waals surface area (Å²) in [5.74, 6) is 2.15. The van der Waals surface area contributed by atoms with Gasteiger partial charge in [0.15, 0.2) is 0 Å². The fraction of sp³-hybridized carbons (Fsp3) is 0.231. The lowest BCUT2D eigenvalue weighted by molar-refractivity contribution is 0.975. The third-order valence-corrected chi connectivity index (χ3v) is 3.29. The van der Waals surface area contributed by atoms with Crippen molar-refractivity contribution in [1.29, 1.82) is 0 Å². The number of rotatable bonds is 3. The molecule has 2 N–H and O–H groups in total. The number of nitrogens with two attached hydrogens (primary N) is 1. The van der Waals surface area contributed by atoms with Gasteiger partial charge in [-0.2, -0.15) is 0 Å². The molecular formula is C13H15N3S. The van der Waals surface area contributed by atoms with E-state index in [-0.39, 0.29) is 0 Å². The van der Waals surface area contributed by atoms with Gasteiger partial charge >= 0.3 is 0 Å².